The first kappa shape index (κ1) is 29.3. The smallest absolute Gasteiger partial charge is 0.0223 e. The zero-order valence-electron chi connectivity index (χ0n) is 20.5. The Hall–Kier alpha value is 0.290. The first-order valence-electron chi connectivity index (χ1n) is 14.0. The molecule has 176 valence electrons. The van der Waals surface area contributed by atoms with E-state index in [-0.39, 0.29) is 0 Å². The third-order valence-electron chi connectivity index (χ3n) is 6.49. The maximum absolute atomic E-state index is 5.71. The average Bonchev–Trinajstić information content (AvgIpc) is 2.74. The van der Waals surface area contributed by atoms with E-state index in [0.717, 1.165) is 5.88 Å². The third kappa shape index (κ3) is 28.3. The van der Waals surface area contributed by atoms with Crippen LogP contribution < -0.4 is 0 Å². The highest BCUT2D eigenvalue weighted by molar-refractivity contribution is 6.17. The van der Waals surface area contributed by atoms with E-state index in [1.54, 1.807) is 0 Å². The average molecular weight is 429 g/mol. The molecule has 0 amide bonds. The fraction of sp³-hybridized carbons (Fsp3) is 1.00. The zero-order valence-corrected chi connectivity index (χ0v) is 21.2. The van der Waals surface area contributed by atoms with Gasteiger partial charge in [0.15, 0.2) is 0 Å². The predicted molar refractivity (Wildman–Crippen MR) is 136 cm³/mol. The fourth-order valence-electron chi connectivity index (χ4n) is 4.41. The summed E-state index contributed by atoms with van der Waals surface area (Å²) in [7, 11) is 0. The first-order valence-corrected chi connectivity index (χ1v) is 14.5. The van der Waals surface area contributed by atoms with Gasteiger partial charge in [0.05, 0.1) is 0 Å². The van der Waals surface area contributed by atoms with Crippen molar-refractivity contribution in [1.29, 1.82) is 0 Å². The molecule has 1 heteroatoms. The molecule has 0 saturated carbocycles. The van der Waals surface area contributed by atoms with E-state index < -0.39 is 0 Å². The molecule has 0 aromatic heterocycles. The van der Waals surface area contributed by atoms with Gasteiger partial charge in [-0.1, -0.05) is 167 Å². The van der Waals surface area contributed by atoms with Gasteiger partial charge in [-0.3, -0.25) is 0 Å². The van der Waals surface area contributed by atoms with Crippen LogP contribution in [0.5, 0.6) is 0 Å². The minimum absolute atomic E-state index is 0.847. The molecule has 0 aromatic rings. The van der Waals surface area contributed by atoms with E-state index >= 15 is 0 Å². The van der Waals surface area contributed by atoms with Gasteiger partial charge in [-0.05, 0) is 6.42 Å². The number of hydrogen-bond donors (Lipinski definition) is 0. The topological polar surface area (TPSA) is 0 Å². The molecule has 0 bridgehead atoms. The first-order chi connectivity index (χ1) is 14.4. The standard InChI is InChI=1S/C28H57Cl/c1-2-3-4-5-6-7-8-9-10-11-12-13-14-15-16-17-18-19-20-21-22-23-24-25-26-27-28-29/h2-28H2,1H3. The summed E-state index contributed by atoms with van der Waals surface area (Å²) in [5.41, 5.74) is 0. The van der Waals surface area contributed by atoms with Crippen molar-refractivity contribution in [3.63, 3.8) is 0 Å². The lowest BCUT2D eigenvalue weighted by Crippen LogP contribution is -1.85. The molecule has 0 rings (SSSR count). The zero-order chi connectivity index (χ0) is 21.1. The van der Waals surface area contributed by atoms with E-state index in [9.17, 15) is 0 Å². The van der Waals surface area contributed by atoms with Gasteiger partial charge in [0.2, 0.25) is 0 Å². The maximum Gasteiger partial charge on any atom is 0.0223 e. The van der Waals surface area contributed by atoms with Crippen LogP contribution in [0.25, 0.3) is 0 Å². The minimum atomic E-state index is 0.847. The van der Waals surface area contributed by atoms with Gasteiger partial charge >= 0.3 is 0 Å². The van der Waals surface area contributed by atoms with Crippen molar-refractivity contribution in [1.82, 2.24) is 0 Å². The lowest BCUT2D eigenvalue weighted by atomic mass is 10.0. The van der Waals surface area contributed by atoms with Crippen molar-refractivity contribution in [3.05, 3.63) is 0 Å². The number of hydrogen-bond acceptors (Lipinski definition) is 0. The molecule has 0 heterocycles. The van der Waals surface area contributed by atoms with E-state index in [0.29, 0.717) is 0 Å². The van der Waals surface area contributed by atoms with E-state index in [2.05, 4.69) is 6.92 Å². The molecular weight excluding hydrogens is 372 g/mol. The summed E-state index contributed by atoms with van der Waals surface area (Å²) < 4.78 is 0. The highest BCUT2D eigenvalue weighted by Crippen LogP contribution is 2.15. The summed E-state index contributed by atoms with van der Waals surface area (Å²) in [6, 6.07) is 0. The minimum Gasteiger partial charge on any atom is -0.127 e. The molecule has 0 fully saturated rings. The van der Waals surface area contributed by atoms with Crippen molar-refractivity contribution < 1.29 is 0 Å². The van der Waals surface area contributed by atoms with Crippen LogP contribution in [0.4, 0.5) is 0 Å². The van der Waals surface area contributed by atoms with Gasteiger partial charge in [0.25, 0.3) is 0 Å². The molecular formula is C28H57Cl. The van der Waals surface area contributed by atoms with Gasteiger partial charge in [-0.15, -0.1) is 11.6 Å². The molecule has 0 nitrogen and oxygen atoms in total. The number of rotatable bonds is 26. The lowest BCUT2D eigenvalue weighted by molar-refractivity contribution is 0.516. The molecule has 0 radical (unpaired) electrons. The summed E-state index contributed by atoms with van der Waals surface area (Å²) in [6.07, 6.45) is 37.8. The van der Waals surface area contributed by atoms with Crippen LogP contribution in [0.15, 0.2) is 0 Å². The van der Waals surface area contributed by atoms with Crippen LogP contribution in [0.1, 0.15) is 174 Å². The van der Waals surface area contributed by atoms with Crippen molar-refractivity contribution >= 4 is 11.6 Å². The predicted octanol–water partition coefficient (Wildman–Crippen LogP) is 11.4. The quantitative estimate of drug-likeness (QED) is 0.0948. The second-order valence-corrected chi connectivity index (χ2v) is 9.91. The Morgan fingerprint density at radius 3 is 0.621 bits per heavy atom. The Balaban J connectivity index is 2.97. The summed E-state index contributed by atoms with van der Waals surface area (Å²) in [4.78, 5) is 0. The fourth-order valence-corrected chi connectivity index (χ4v) is 4.60. The molecule has 0 atom stereocenters. The molecule has 0 aromatic carbocycles. The second-order valence-electron chi connectivity index (χ2n) is 9.53. The van der Waals surface area contributed by atoms with Crippen molar-refractivity contribution in [2.45, 2.75) is 174 Å². The van der Waals surface area contributed by atoms with Crippen LogP contribution in [-0.2, 0) is 0 Å². The largest absolute Gasteiger partial charge is 0.127 e. The van der Waals surface area contributed by atoms with Crippen LogP contribution >= 0.6 is 11.6 Å². The van der Waals surface area contributed by atoms with Gasteiger partial charge in [-0.25, -0.2) is 0 Å². The van der Waals surface area contributed by atoms with Gasteiger partial charge in [-0.2, -0.15) is 0 Å². The monoisotopic (exact) mass is 428 g/mol. The Bertz CT molecular complexity index is 237. The SMILES string of the molecule is CCCCCCCCCCCCCCCCCCCCCCCCCCCCCl. The molecule has 0 saturated heterocycles. The highest BCUT2D eigenvalue weighted by atomic mass is 35.5. The highest BCUT2D eigenvalue weighted by Gasteiger charge is 1.96. The molecule has 0 aliphatic rings. The number of halogens is 1. The summed E-state index contributed by atoms with van der Waals surface area (Å²) in [5, 5.41) is 0. The molecule has 29 heavy (non-hydrogen) atoms. The van der Waals surface area contributed by atoms with Crippen LogP contribution in [-0.4, -0.2) is 5.88 Å². The Labute approximate surface area is 191 Å². The molecule has 0 spiro atoms. The van der Waals surface area contributed by atoms with Gasteiger partial charge in [0.1, 0.15) is 0 Å². The van der Waals surface area contributed by atoms with E-state index in [1.165, 1.54) is 167 Å². The van der Waals surface area contributed by atoms with E-state index in [1.807, 2.05) is 0 Å². The Morgan fingerprint density at radius 1 is 0.276 bits per heavy atom. The van der Waals surface area contributed by atoms with Crippen LogP contribution in [0, 0.1) is 0 Å². The number of unbranched alkanes of at least 4 members (excludes halogenated alkanes) is 25. The lowest BCUT2D eigenvalue weighted by Gasteiger charge is -2.04. The Kier molecular flexibility index (Phi) is 28.6. The van der Waals surface area contributed by atoms with Gasteiger partial charge < -0.3 is 0 Å². The Morgan fingerprint density at radius 2 is 0.448 bits per heavy atom. The number of alkyl halides is 1. The molecule has 0 aliphatic carbocycles. The summed E-state index contributed by atoms with van der Waals surface area (Å²) in [5.74, 6) is 0.847. The maximum atomic E-state index is 5.71. The third-order valence-corrected chi connectivity index (χ3v) is 6.75. The molecule has 0 unspecified atom stereocenters. The van der Waals surface area contributed by atoms with Crippen molar-refractivity contribution in [2.24, 2.45) is 0 Å². The summed E-state index contributed by atoms with van der Waals surface area (Å²) >= 11 is 5.71. The van der Waals surface area contributed by atoms with E-state index in [4.69, 9.17) is 11.6 Å². The van der Waals surface area contributed by atoms with Crippen LogP contribution in [0.2, 0.25) is 0 Å². The van der Waals surface area contributed by atoms with Crippen molar-refractivity contribution in [2.75, 3.05) is 5.88 Å². The second kappa shape index (κ2) is 28.3. The van der Waals surface area contributed by atoms with Crippen LogP contribution in [0.3, 0.4) is 0 Å². The molecule has 0 N–H and O–H groups in total. The normalized spacial score (nSPS) is 11.4. The van der Waals surface area contributed by atoms with Gasteiger partial charge in [0, 0.05) is 5.88 Å². The van der Waals surface area contributed by atoms with Crippen molar-refractivity contribution in [3.8, 4) is 0 Å². The summed E-state index contributed by atoms with van der Waals surface area (Å²) in [6.45, 7) is 2.30. The molecule has 0 aliphatic heterocycles.